The van der Waals surface area contributed by atoms with Crippen LogP contribution in [-0.2, 0) is 0 Å². The van der Waals surface area contributed by atoms with Gasteiger partial charge in [0, 0.05) is 44.1 Å². The van der Waals surface area contributed by atoms with Gasteiger partial charge < -0.3 is 10.2 Å². The van der Waals surface area contributed by atoms with E-state index in [0.717, 1.165) is 20.5 Å². The smallest absolute Gasteiger partial charge is 0.195 e. The van der Waals surface area contributed by atoms with E-state index in [2.05, 4.69) is 23.7 Å². The molecule has 0 saturated heterocycles. The van der Waals surface area contributed by atoms with E-state index in [0.29, 0.717) is 23.6 Å². The highest BCUT2D eigenvalue weighted by Crippen LogP contribution is 2.25. The molecule has 0 radical (unpaired) electrons. The maximum Gasteiger partial charge on any atom is 0.195 e. The van der Waals surface area contributed by atoms with Gasteiger partial charge in [0.15, 0.2) is 5.43 Å². The zero-order chi connectivity index (χ0) is 17.6. The first-order chi connectivity index (χ1) is 12.2. The van der Waals surface area contributed by atoms with Crippen molar-refractivity contribution >= 4 is 31.5 Å². The fourth-order valence-electron chi connectivity index (χ4n) is 2.45. The van der Waals surface area contributed by atoms with Crippen LogP contribution < -0.4 is 5.43 Å². The summed E-state index contributed by atoms with van der Waals surface area (Å²) in [6.07, 6.45) is 0.830. The van der Waals surface area contributed by atoms with Crippen molar-refractivity contribution in [2.24, 2.45) is 0 Å². The van der Waals surface area contributed by atoms with Crippen molar-refractivity contribution in [2.75, 3.05) is 13.2 Å². The summed E-state index contributed by atoms with van der Waals surface area (Å²) in [7, 11) is 0. The molecule has 0 spiro atoms. The van der Waals surface area contributed by atoms with Gasteiger partial charge in [-0.3, -0.25) is 4.79 Å². The third kappa shape index (κ3) is 3.90. The second kappa shape index (κ2) is 7.96. The van der Waals surface area contributed by atoms with Gasteiger partial charge in [0.1, 0.15) is 0 Å². The Hall–Kier alpha value is -2.63. The Morgan fingerprint density at radius 3 is 1.72 bits per heavy atom. The molecule has 0 aliphatic carbocycles. The Kier molecular flexibility index (Phi) is 5.48. The van der Waals surface area contributed by atoms with Crippen molar-refractivity contribution in [1.29, 1.82) is 0 Å². The molecule has 0 unspecified atom stereocenters. The van der Waals surface area contributed by atoms with Gasteiger partial charge in [0.05, 0.1) is 13.2 Å². The summed E-state index contributed by atoms with van der Waals surface area (Å²) < 4.78 is 1.84. The van der Waals surface area contributed by atoms with Gasteiger partial charge in [-0.05, 0) is 36.4 Å². The van der Waals surface area contributed by atoms with Crippen LogP contribution in [0, 0.1) is 23.7 Å². The first kappa shape index (κ1) is 17.2. The second-order valence-corrected chi connectivity index (χ2v) is 6.49. The molecule has 0 atom stereocenters. The van der Waals surface area contributed by atoms with E-state index in [9.17, 15) is 4.79 Å². The Morgan fingerprint density at radius 1 is 0.800 bits per heavy atom. The van der Waals surface area contributed by atoms with Crippen LogP contribution in [0.4, 0.5) is 0 Å². The largest absolute Gasteiger partial charge is 0.395 e. The van der Waals surface area contributed by atoms with Gasteiger partial charge in [-0.1, -0.05) is 23.7 Å². The summed E-state index contributed by atoms with van der Waals surface area (Å²) in [6, 6.07) is 11.2. The molecule has 1 heterocycles. The highest BCUT2D eigenvalue weighted by Gasteiger charge is 2.07. The average molecular weight is 348 g/mol. The SMILES string of the molecule is O=c1c2cc(C#CCCO)ccc2sc2ccc(C#CCCO)cc12. The van der Waals surface area contributed by atoms with Crippen molar-refractivity contribution in [3.63, 3.8) is 0 Å². The fraction of sp³-hybridized carbons (Fsp3) is 0.190. The highest BCUT2D eigenvalue weighted by atomic mass is 32.1. The van der Waals surface area contributed by atoms with Gasteiger partial charge in [-0.25, -0.2) is 0 Å². The van der Waals surface area contributed by atoms with Gasteiger partial charge in [-0.2, -0.15) is 0 Å². The maximum absolute atomic E-state index is 12.9. The standard InChI is InChI=1S/C21H16O3S/c22-11-3-1-5-15-7-9-19-17(13-15)21(24)18-14-16(6-2-4-12-23)8-10-20(18)25-19/h7-10,13-14,22-23H,3-4,11-12H2. The summed E-state index contributed by atoms with van der Waals surface area (Å²) in [5, 5.41) is 18.9. The molecule has 0 aliphatic heterocycles. The van der Waals surface area contributed by atoms with Gasteiger partial charge in [-0.15, -0.1) is 11.3 Å². The maximum atomic E-state index is 12.9. The Balaban J connectivity index is 2.13. The molecular weight excluding hydrogens is 332 g/mol. The molecule has 0 saturated carbocycles. The first-order valence-corrected chi connectivity index (χ1v) is 8.74. The highest BCUT2D eigenvalue weighted by molar-refractivity contribution is 7.24. The molecule has 0 fully saturated rings. The van der Waals surface area contributed by atoms with E-state index in [1.165, 1.54) is 0 Å². The number of hydrogen-bond acceptors (Lipinski definition) is 4. The van der Waals surface area contributed by atoms with E-state index in [1.807, 2.05) is 36.4 Å². The molecule has 2 aromatic carbocycles. The lowest BCUT2D eigenvalue weighted by atomic mass is 10.1. The van der Waals surface area contributed by atoms with E-state index < -0.39 is 0 Å². The Labute approximate surface area is 149 Å². The summed E-state index contributed by atoms with van der Waals surface area (Å²) in [4.78, 5) is 12.9. The first-order valence-electron chi connectivity index (χ1n) is 7.93. The summed E-state index contributed by atoms with van der Waals surface area (Å²) >= 11 is 1.56. The minimum atomic E-state index is -0.0274. The van der Waals surface area contributed by atoms with Crippen LogP contribution in [-0.4, -0.2) is 23.4 Å². The van der Waals surface area contributed by atoms with E-state index in [4.69, 9.17) is 10.2 Å². The molecular formula is C21H16O3S. The number of rotatable bonds is 2. The zero-order valence-electron chi connectivity index (χ0n) is 13.5. The van der Waals surface area contributed by atoms with Crippen LogP contribution >= 0.6 is 11.3 Å². The van der Waals surface area contributed by atoms with Crippen LogP contribution in [0.15, 0.2) is 41.2 Å². The second-order valence-electron chi connectivity index (χ2n) is 5.40. The number of aliphatic hydroxyl groups excluding tert-OH is 2. The van der Waals surface area contributed by atoms with Gasteiger partial charge in [0.2, 0.25) is 0 Å². The van der Waals surface area contributed by atoms with Crippen molar-refractivity contribution in [2.45, 2.75) is 12.8 Å². The molecule has 3 rings (SSSR count). The molecule has 0 aliphatic rings. The molecule has 4 heteroatoms. The van der Waals surface area contributed by atoms with Crippen molar-refractivity contribution < 1.29 is 10.2 Å². The molecule has 0 bridgehead atoms. The number of hydrogen-bond donors (Lipinski definition) is 2. The lowest BCUT2D eigenvalue weighted by Crippen LogP contribution is -2.01. The fourth-order valence-corrected chi connectivity index (χ4v) is 3.49. The predicted octanol–water partition coefficient (Wildman–Crippen LogP) is 2.88. The molecule has 3 nitrogen and oxygen atoms in total. The van der Waals surface area contributed by atoms with Crippen LogP contribution in [0.3, 0.4) is 0 Å². The molecule has 1 aromatic heterocycles. The van der Waals surface area contributed by atoms with E-state index in [1.54, 1.807) is 11.3 Å². The van der Waals surface area contributed by atoms with Crippen molar-refractivity contribution in [1.82, 2.24) is 0 Å². The summed E-state index contributed by atoms with van der Waals surface area (Å²) in [5.74, 6) is 11.7. The third-order valence-electron chi connectivity index (χ3n) is 3.61. The molecule has 2 N–H and O–H groups in total. The van der Waals surface area contributed by atoms with Crippen molar-refractivity contribution in [3.8, 4) is 23.7 Å². The monoisotopic (exact) mass is 348 g/mol. The van der Waals surface area contributed by atoms with Gasteiger partial charge in [0.25, 0.3) is 0 Å². The Morgan fingerprint density at radius 2 is 1.28 bits per heavy atom. The quantitative estimate of drug-likeness (QED) is 0.553. The third-order valence-corrected chi connectivity index (χ3v) is 4.76. The normalized spacial score (nSPS) is 10.2. The lowest BCUT2D eigenvalue weighted by molar-refractivity contribution is 0.304. The van der Waals surface area contributed by atoms with E-state index in [-0.39, 0.29) is 18.6 Å². The van der Waals surface area contributed by atoms with Crippen LogP contribution in [0.25, 0.3) is 20.2 Å². The number of aliphatic hydroxyl groups is 2. The zero-order valence-corrected chi connectivity index (χ0v) is 14.3. The Bertz CT molecular complexity index is 1020. The van der Waals surface area contributed by atoms with Crippen LogP contribution in [0.5, 0.6) is 0 Å². The molecule has 0 amide bonds. The van der Waals surface area contributed by atoms with E-state index >= 15 is 0 Å². The van der Waals surface area contributed by atoms with Crippen molar-refractivity contribution in [3.05, 3.63) is 57.7 Å². The van der Waals surface area contributed by atoms with Crippen LogP contribution in [0.2, 0.25) is 0 Å². The average Bonchev–Trinajstić information content (AvgIpc) is 2.63. The van der Waals surface area contributed by atoms with Crippen LogP contribution in [0.1, 0.15) is 24.0 Å². The number of benzene rings is 2. The topological polar surface area (TPSA) is 57.5 Å². The minimum Gasteiger partial charge on any atom is -0.395 e. The number of fused-ring (bicyclic) bond motifs is 2. The molecule has 25 heavy (non-hydrogen) atoms. The minimum absolute atomic E-state index is 0.0274. The molecule has 124 valence electrons. The van der Waals surface area contributed by atoms with Gasteiger partial charge >= 0.3 is 0 Å². The predicted molar refractivity (Wildman–Crippen MR) is 103 cm³/mol. The lowest BCUT2D eigenvalue weighted by Gasteiger charge is -2.02. The molecule has 3 aromatic rings. The summed E-state index contributed by atoms with van der Waals surface area (Å²) in [6.45, 7) is 0.0559. The summed E-state index contributed by atoms with van der Waals surface area (Å²) in [5.41, 5.74) is 1.51.